The highest BCUT2D eigenvalue weighted by molar-refractivity contribution is 7.99. The lowest BCUT2D eigenvalue weighted by atomic mass is 10.1. The highest BCUT2D eigenvalue weighted by atomic mass is 32.2. The molecule has 0 amide bonds. The molecule has 0 aliphatic heterocycles. The summed E-state index contributed by atoms with van der Waals surface area (Å²) in [5.41, 5.74) is 5.80. The van der Waals surface area contributed by atoms with E-state index in [9.17, 15) is 4.39 Å². The molecule has 0 aromatic heterocycles. The molecule has 0 saturated heterocycles. The van der Waals surface area contributed by atoms with Gasteiger partial charge in [-0.25, -0.2) is 4.39 Å². The van der Waals surface area contributed by atoms with Gasteiger partial charge in [-0.1, -0.05) is 19.1 Å². The first-order valence-corrected chi connectivity index (χ1v) is 6.35. The smallest absolute Gasteiger partial charge is 0.136 e. The summed E-state index contributed by atoms with van der Waals surface area (Å²) in [5.74, 6) is 0.816. The first kappa shape index (κ1) is 12.5. The minimum absolute atomic E-state index is 0.123. The van der Waals surface area contributed by atoms with E-state index in [1.54, 1.807) is 17.8 Å². The van der Waals surface area contributed by atoms with Crippen molar-refractivity contribution in [3.63, 3.8) is 0 Å². The van der Waals surface area contributed by atoms with Crippen molar-refractivity contribution in [1.29, 1.82) is 0 Å². The Morgan fingerprint density at radius 3 is 2.80 bits per heavy atom. The zero-order chi connectivity index (χ0) is 11.1. The average molecular weight is 227 g/mol. The number of hydrogen-bond acceptors (Lipinski definition) is 2. The maximum Gasteiger partial charge on any atom is 0.136 e. The molecule has 15 heavy (non-hydrogen) atoms. The quantitative estimate of drug-likeness (QED) is 0.595. The molecule has 0 aliphatic carbocycles. The van der Waals surface area contributed by atoms with Crippen LogP contribution in [-0.2, 0) is 0 Å². The van der Waals surface area contributed by atoms with E-state index in [0.29, 0.717) is 6.04 Å². The summed E-state index contributed by atoms with van der Waals surface area (Å²) in [6.07, 6.45) is 3.09. The summed E-state index contributed by atoms with van der Waals surface area (Å²) < 4.78 is 13.2. The molecule has 1 atom stereocenters. The van der Waals surface area contributed by atoms with Crippen LogP contribution >= 0.6 is 11.8 Å². The molecule has 0 fully saturated rings. The van der Waals surface area contributed by atoms with E-state index in [1.807, 2.05) is 12.1 Å². The van der Waals surface area contributed by atoms with Crippen molar-refractivity contribution in [2.45, 2.75) is 37.1 Å². The van der Waals surface area contributed by atoms with Gasteiger partial charge < -0.3 is 5.73 Å². The van der Waals surface area contributed by atoms with E-state index < -0.39 is 0 Å². The minimum atomic E-state index is -0.123. The third kappa shape index (κ3) is 4.67. The van der Waals surface area contributed by atoms with Gasteiger partial charge in [0.2, 0.25) is 0 Å². The molecule has 0 radical (unpaired) electrons. The summed E-state index contributed by atoms with van der Waals surface area (Å²) in [6, 6.07) is 7.20. The summed E-state index contributed by atoms with van der Waals surface area (Å²) in [7, 11) is 0. The van der Waals surface area contributed by atoms with Crippen LogP contribution in [0.2, 0.25) is 0 Å². The van der Waals surface area contributed by atoms with Gasteiger partial charge in [0.05, 0.1) is 0 Å². The van der Waals surface area contributed by atoms with Crippen molar-refractivity contribution < 1.29 is 4.39 Å². The maximum atomic E-state index is 13.2. The molecular weight excluding hydrogens is 209 g/mol. The molecule has 2 N–H and O–H groups in total. The lowest BCUT2D eigenvalue weighted by molar-refractivity contribution is 0.588. The normalized spacial score (nSPS) is 12.7. The number of rotatable bonds is 6. The molecule has 84 valence electrons. The predicted octanol–water partition coefficient (Wildman–Crippen LogP) is 3.44. The third-order valence-corrected chi connectivity index (χ3v) is 3.47. The van der Waals surface area contributed by atoms with Gasteiger partial charge in [-0.15, -0.1) is 11.8 Å². The van der Waals surface area contributed by atoms with E-state index >= 15 is 0 Å². The number of nitrogens with two attached hydrogens (primary N) is 1. The second kappa shape index (κ2) is 6.85. The van der Waals surface area contributed by atoms with Gasteiger partial charge in [-0.3, -0.25) is 0 Å². The number of benzene rings is 1. The Labute approximate surface area is 95.2 Å². The van der Waals surface area contributed by atoms with Crippen molar-refractivity contribution in [1.82, 2.24) is 0 Å². The van der Waals surface area contributed by atoms with Gasteiger partial charge in [0.1, 0.15) is 5.82 Å². The van der Waals surface area contributed by atoms with E-state index in [1.165, 1.54) is 6.07 Å². The van der Waals surface area contributed by atoms with Gasteiger partial charge in [0, 0.05) is 10.9 Å². The fraction of sp³-hybridized carbons (Fsp3) is 0.500. The van der Waals surface area contributed by atoms with Crippen LogP contribution in [0, 0.1) is 5.82 Å². The first-order valence-electron chi connectivity index (χ1n) is 5.37. The first-order chi connectivity index (χ1) is 7.24. The summed E-state index contributed by atoms with van der Waals surface area (Å²) >= 11 is 1.57. The Morgan fingerprint density at radius 1 is 1.40 bits per heavy atom. The van der Waals surface area contributed by atoms with Gasteiger partial charge in [0.15, 0.2) is 0 Å². The van der Waals surface area contributed by atoms with Gasteiger partial charge in [-0.2, -0.15) is 0 Å². The molecule has 0 heterocycles. The summed E-state index contributed by atoms with van der Waals surface area (Å²) in [6.45, 7) is 2.09. The fourth-order valence-corrected chi connectivity index (χ4v) is 2.21. The predicted molar refractivity (Wildman–Crippen MR) is 64.6 cm³/mol. The second-order valence-corrected chi connectivity index (χ2v) is 4.73. The Balaban J connectivity index is 2.23. The summed E-state index contributed by atoms with van der Waals surface area (Å²) in [4.78, 5) is 0.738. The van der Waals surface area contributed by atoms with E-state index in [4.69, 9.17) is 5.73 Å². The zero-order valence-corrected chi connectivity index (χ0v) is 9.90. The van der Waals surface area contributed by atoms with Crippen molar-refractivity contribution in [2.24, 2.45) is 5.73 Å². The molecular formula is C12H18FNS. The molecule has 0 aliphatic rings. The highest BCUT2D eigenvalue weighted by Crippen LogP contribution is 2.22. The summed E-state index contributed by atoms with van der Waals surface area (Å²) in [5, 5.41) is 0. The number of thioether (sulfide) groups is 1. The molecule has 0 saturated carbocycles. The van der Waals surface area contributed by atoms with E-state index in [-0.39, 0.29) is 5.82 Å². The maximum absolute atomic E-state index is 13.2. The van der Waals surface area contributed by atoms with E-state index in [0.717, 1.165) is 29.9 Å². The average Bonchev–Trinajstić information content (AvgIpc) is 2.26. The molecule has 1 aromatic rings. The van der Waals surface area contributed by atoms with Crippen LogP contribution in [0.25, 0.3) is 0 Å². The van der Waals surface area contributed by atoms with Crippen LogP contribution in [0.5, 0.6) is 0 Å². The van der Waals surface area contributed by atoms with Gasteiger partial charge >= 0.3 is 0 Å². The van der Waals surface area contributed by atoms with Crippen LogP contribution in [-0.4, -0.2) is 11.8 Å². The second-order valence-electron chi connectivity index (χ2n) is 3.59. The Hall–Kier alpha value is -0.540. The van der Waals surface area contributed by atoms with Crippen LogP contribution < -0.4 is 5.73 Å². The Kier molecular flexibility index (Phi) is 5.73. The van der Waals surface area contributed by atoms with Gasteiger partial charge in [0.25, 0.3) is 0 Å². The van der Waals surface area contributed by atoms with Gasteiger partial charge in [-0.05, 0) is 37.1 Å². The zero-order valence-electron chi connectivity index (χ0n) is 9.08. The SMILES string of the molecule is CCC(N)CCCSc1ccccc1F. The lowest BCUT2D eigenvalue weighted by Gasteiger charge is -2.07. The molecule has 1 unspecified atom stereocenters. The van der Waals surface area contributed by atoms with Crippen molar-refractivity contribution >= 4 is 11.8 Å². The Morgan fingerprint density at radius 2 is 2.13 bits per heavy atom. The highest BCUT2D eigenvalue weighted by Gasteiger charge is 2.02. The molecule has 0 spiro atoms. The minimum Gasteiger partial charge on any atom is -0.328 e. The van der Waals surface area contributed by atoms with Crippen LogP contribution in [0.3, 0.4) is 0 Å². The fourth-order valence-electron chi connectivity index (χ4n) is 1.29. The lowest BCUT2D eigenvalue weighted by Crippen LogP contribution is -2.18. The van der Waals surface area contributed by atoms with Crippen molar-refractivity contribution in [3.8, 4) is 0 Å². The van der Waals surface area contributed by atoms with Crippen LogP contribution in [0.15, 0.2) is 29.2 Å². The molecule has 1 nitrogen and oxygen atoms in total. The van der Waals surface area contributed by atoms with Crippen LogP contribution in [0.4, 0.5) is 4.39 Å². The van der Waals surface area contributed by atoms with Crippen LogP contribution in [0.1, 0.15) is 26.2 Å². The molecule has 1 aromatic carbocycles. The topological polar surface area (TPSA) is 26.0 Å². The standard InChI is InChI=1S/C12H18FNS/c1-2-10(14)6-5-9-15-12-8-4-3-7-11(12)13/h3-4,7-8,10H,2,5-6,9,14H2,1H3. The van der Waals surface area contributed by atoms with Crippen molar-refractivity contribution in [2.75, 3.05) is 5.75 Å². The number of halogens is 1. The molecule has 0 bridgehead atoms. The van der Waals surface area contributed by atoms with E-state index in [2.05, 4.69) is 6.92 Å². The van der Waals surface area contributed by atoms with Crippen molar-refractivity contribution in [3.05, 3.63) is 30.1 Å². The monoisotopic (exact) mass is 227 g/mol. The molecule has 1 rings (SSSR count). The third-order valence-electron chi connectivity index (χ3n) is 2.34. The Bertz CT molecular complexity index is 291. The largest absolute Gasteiger partial charge is 0.328 e. The molecule has 3 heteroatoms. The number of hydrogen-bond donors (Lipinski definition) is 1.